The minimum absolute atomic E-state index is 0.105. The van der Waals surface area contributed by atoms with Crippen molar-refractivity contribution >= 4 is 15.9 Å². The number of carbonyl (C=O) groups excluding carboxylic acids is 1. The number of primary amides is 1. The molecular weight excluding hydrogens is 309 g/mol. The maximum atomic E-state index is 12.9. The average Bonchev–Trinajstić information content (AvgIpc) is 2.64. The number of carbonyl (C=O) groups is 1. The first-order chi connectivity index (χ1) is 10.3. The first-order valence-electron chi connectivity index (χ1n) is 6.97. The Hall–Kier alpha value is -1.51. The molecule has 1 aliphatic heterocycles. The van der Waals surface area contributed by atoms with Crippen molar-refractivity contribution in [2.45, 2.75) is 6.54 Å². The predicted octanol–water partition coefficient (Wildman–Crippen LogP) is 0.00440. The third-order valence-electron chi connectivity index (χ3n) is 3.76. The van der Waals surface area contributed by atoms with Crippen LogP contribution in [0.15, 0.2) is 24.3 Å². The molecule has 2 N–H and O–H groups in total. The van der Waals surface area contributed by atoms with Crippen molar-refractivity contribution < 1.29 is 17.6 Å². The van der Waals surface area contributed by atoms with Crippen molar-refractivity contribution in [3.63, 3.8) is 0 Å². The molecule has 1 aliphatic rings. The van der Waals surface area contributed by atoms with E-state index in [9.17, 15) is 17.6 Å². The van der Waals surface area contributed by atoms with E-state index in [1.54, 1.807) is 12.1 Å². The normalized spacial score (nSPS) is 21.5. The number of benzene rings is 1. The fourth-order valence-corrected chi connectivity index (χ4v) is 3.39. The van der Waals surface area contributed by atoms with Crippen LogP contribution in [0.5, 0.6) is 0 Å². The van der Waals surface area contributed by atoms with Crippen LogP contribution in [0, 0.1) is 11.7 Å². The number of hydrogen-bond donors (Lipinski definition) is 1. The van der Waals surface area contributed by atoms with Crippen LogP contribution in [0.3, 0.4) is 0 Å². The molecule has 1 heterocycles. The second-order valence-corrected chi connectivity index (χ2v) is 7.56. The van der Waals surface area contributed by atoms with Crippen LogP contribution >= 0.6 is 0 Å². The third kappa shape index (κ3) is 4.49. The molecule has 6 nitrogen and oxygen atoms in total. The Labute approximate surface area is 129 Å². The van der Waals surface area contributed by atoms with Gasteiger partial charge in [-0.2, -0.15) is 0 Å². The summed E-state index contributed by atoms with van der Waals surface area (Å²) in [5.41, 5.74) is 6.28. The Kier molecular flexibility index (Phi) is 5.15. The summed E-state index contributed by atoms with van der Waals surface area (Å²) in [6.07, 6.45) is 1.13. The van der Waals surface area contributed by atoms with E-state index in [4.69, 9.17) is 5.73 Å². The highest BCUT2D eigenvalue weighted by Crippen LogP contribution is 2.15. The molecule has 122 valence electrons. The van der Waals surface area contributed by atoms with Crippen LogP contribution in [0.1, 0.15) is 5.56 Å². The molecule has 1 amide bonds. The topological polar surface area (TPSA) is 83.7 Å². The van der Waals surface area contributed by atoms with Gasteiger partial charge >= 0.3 is 0 Å². The fraction of sp³-hybridized carbons (Fsp3) is 0.500. The zero-order chi connectivity index (χ0) is 16.3. The summed E-state index contributed by atoms with van der Waals surface area (Å²) < 4.78 is 37.7. The Bertz CT molecular complexity index is 633. The molecule has 0 saturated carbocycles. The zero-order valence-electron chi connectivity index (χ0n) is 12.4. The molecule has 0 radical (unpaired) electrons. The van der Waals surface area contributed by atoms with Crippen LogP contribution in [0.2, 0.25) is 0 Å². The van der Waals surface area contributed by atoms with Gasteiger partial charge in [0.15, 0.2) is 0 Å². The minimum atomic E-state index is -3.37. The first-order valence-corrected chi connectivity index (χ1v) is 8.82. The highest BCUT2D eigenvalue weighted by Gasteiger charge is 2.30. The van der Waals surface area contributed by atoms with Gasteiger partial charge in [-0.1, -0.05) is 12.1 Å². The molecule has 0 aromatic heterocycles. The number of hydrogen-bond acceptors (Lipinski definition) is 4. The molecule has 1 fully saturated rings. The number of nitrogens with two attached hydrogens (primary N) is 1. The third-order valence-corrected chi connectivity index (χ3v) is 5.03. The smallest absolute Gasteiger partial charge is 0.223 e. The van der Waals surface area contributed by atoms with E-state index in [-0.39, 0.29) is 12.4 Å². The van der Waals surface area contributed by atoms with Crippen molar-refractivity contribution in [1.29, 1.82) is 0 Å². The van der Waals surface area contributed by atoms with Gasteiger partial charge in [0.1, 0.15) is 5.82 Å². The van der Waals surface area contributed by atoms with Crippen molar-refractivity contribution in [2.75, 3.05) is 32.4 Å². The molecule has 1 aromatic carbocycles. The molecule has 0 aliphatic carbocycles. The molecule has 1 aromatic rings. The molecule has 0 spiro atoms. The Morgan fingerprint density at radius 1 is 1.27 bits per heavy atom. The van der Waals surface area contributed by atoms with E-state index in [0.29, 0.717) is 26.2 Å². The number of halogens is 1. The number of amides is 1. The van der Waals surface area contributed by atoms with Gasteiger partial charge in [0.25, 0.3) is 0 Å². The minimum Gasteiger partial charge on any atom is -0.369 e. The maximum absolute atomic E-state index is 12.9. The van der Waals surface area contributed by atoms with Crippen molar-refractivity contribution in [2.24, 2.45) is 11.7 Å². The van der Waals surface area contributed by atoms with Crippen LogP contribution in [0.25, 0.3) is 0 Å². The quantitative estimate of drug-likeness (QED) is 0.843. The monoisotopic (exact) mass is 329 g/mol. The van der Waals surface area contributed by atoms with Crippen LogP contribution < -0.4 is 5.73 Å². The van der Waals surface area contributed by atoms with Crippen LogP contribution in [-0.4, -0.2) is 56.0 Å². The second-order valence-electron chi connectivity index (χ2n) is 5.58. The van der Waals surface area contributed by atoms with Gasteiger partial charge in [0.05, 0.1) is 12.2 Å². The van der Waals surface area contributed by atoms with Crippen LogP contribution in [-0.2, 0) is 21.4 Å². The van der Waals surface area contributed by atoms with E-state index in [2.05, 4.69) is 0 Å². The lowest BCUT2D eigenvalue weighted by Gasteiger charge is -2.22. The van der Waals surface area contributed by atoms with Gasteiger partial charge in [-0.3, -0.25) is 9.69 Å². The standard InChI is InChI=1S/C14H20FN3O3S/c1-22(20,21)18-7-6-17(9-12(10-18)14(16)19)8-11-2-4-13(15)5-3-11/h2-5,12H,6-10H2,1H3,(H2,16,19)/t12-/m1/s1. The summed E-state index contributed by atoms with van der Waals surface area (Å²) in [5.74, 6) is -1.38. The molecule has 0 unspecified atom stereocenters. The van der Waals surface area contributed by atoms with Gasteiger partial charge in [-0.25, -0.2) is 17.1 Å². The zero-order valence-corrected chi connectivity index (χ0v) is 13.2. The number of sulfonamides is 1. The van der Waals surface area contributed by atoms with Crippen molar-refractivity contribution in [3.8, 4) is 0 Å². The number of rotatable bonds is 4. The molecular formula is C14H20FN3O3S. The van der Waals surface area contributed by atoms with Crippen molar-refractivity contribution in [3.05, 3.63) is 35.6 Å². The SMILES string of the molecule is CS(=O)(=O)N1CCN(Cc2ccc(F)cc2)C[C@@H](C(N)=O)C1. The molecule has 1 saturated heterocycles. The fourth-order valence-electron chi connectivity index (χ4n) is 2.52. The molecule has 22 heavy (non-hydrogen) atoms. The Balaban J connectivity index is 2.12. The van der Waals surface area contributed by atoms with Crippen LogP contribution in [0.4, 0.5) is 4.39 Å². The van der Waals surface area contributed by atoms with Gasteiger partial charge in [-0.15, -0.1) is 0 Å². The van der Waals surface area contributed by atoms with Gasteiger partial charge in [-0.05, 0) is 17.7 Å². The van der Waals surface area contributed by atoms with E-state index < -0.39 is 21.8 Å². The lowest BCUT2D eigenvalue weighted by atomic mass is 10.1. The molecule has 0 bridgehead atoms. The summed E-state index contributed by atoms with van der Waals surface area (Å²) >= 11 is 0. The second kappa shape index (κ2) is 6.72. The summed E-state index contributed by atoms with van der Waals surface area (Å²) in [6, 6.07) is 6.10. The van der Waals surface area contributed by atoms with Gasteiger partial charge < -0.3 is 5.73 Å². The van der Waals surface area contributed by atoms with Crippen molar-refractivity contribution in [1.82, 2.24) is 9.21 Å². The Morgan fingerprint density at radius 2 is 1.91 bits per heavy atom. The van der Waals surface area contributed by atoms with E-state index in [1.165, 1.54) is 16.4 Å². The molecule has 1 atom stereocenters. The summed E-state index contributed by atoms with van der Waals surface area (Å²) in [7, 11) is -3.37. The highest BCUT2D eigenvalue weighted by atomic mass is 32.2. The van der Waals surface area contributed by atoms with Gasteiger partial charge in [0.2, 0.25) is 15.9 Å². The lowest BCUT2D eigenvalue weighted by molar-refractivity contribution is -0.122. The summed E-state index contributed by atoms with van der Waals surface area (Å²) in [5, 5.41) is 0. The first kappa shape index (κ1) is 16.9. The average molecular weight is 329 g/mol. The largest absolute Gasteiger partial charge is 0.369 e. The molecule has 2 rings (SSSR count). The summed E-state index contributed by atoms with van der Waals surface area (Å²) in [6.45, 7) is 1.81. The predicted molar refractivity (Wildman–Crippen MR) is 80.8 cm³/mol. The lowest BCUT2D eigenvalue weighted by Crippen LogP contribution is -2.40. The molecule has 8 heteroatoms. The van der Waals surface area contributed by atoms with E-state index in [0.717, 1.165) is 11.8 Å². The van der Waals surface area contributed by atoms with Gasteiger partial charge in [0, 0.05) is 32.7 Å². The highest BCUT2D eigenvalue weighted by molar-refractivity contribution is 7.88. The summed E-state index contributed by atoms with van der Waals surface area (Å²) in [4.78, 5) is 13.5. The van der Waals surface area contributed by atoms with E-state index >= 15 is 0 Å². The maximum Gasteiger partial charge on any atom is 0.223 e. The van der Waals surface area contributed by atoms with E-state index in [1.807, 2.05) is 4.90 Å². The number of nitrogens with zero attached hydrogens (tertiary/aromatic N) is 2. The Morgan fingerprint density at radius 3 is 2.45 bits per heavy atom.